The number of H-pyrrole nitrogens is 1. The van der Waals surface area contributed by atoms with E-state index in [2.05, 4.69) is 16.5 Å². The molecule has 2 heterocycles. The Labute approximate surface area is 186 Å². The summed E-state index contributed by atoms with van der Waals surface area (Å²) >= 11 is 5.92. The Morgan fingerprint density at radius 3 is 2.53 bits per heavy atom. The molecule has 162 valence electrons. The Balaban J connectivity index is 1.81. The maximum atomic E-state index is 15.0. The third-order valence-electron chi connectivity index (χ3n) is 4.74. The van der Waals surface area contributed by atoms with Crippen molar-refractivity contribution in [2.24, 2.45) is 0 Å². The molecule has 10 heteroatoms. The van der Waals surface area contributed by atoms with Crippen LogP contribution in [-0.2, 0) is 10.0 Å². The quantitative estimate of drug-likeness (QED) is 0.373. The number of hydrogen-bond donors (Lipinski definition) is 2. The normalized spacial score (nSPS) is 11.5. The van der Waals surface area contributed by atoms with Crippen molar-refractivity contribution in [2.45, 2.75) is 0 Å². The molecule has 2 N–H and O–H groups in total. The molecule has 0 radical (unpaired) electrons. The Morgan fingerprint density at radius 2 is 1.84 bits per heavy atom. The van der Waals surface area contributed by atoms with Gasteiger partial charge in [-0.1, -0.05) is 30.3 Å². The maximum Gasteiger partial charge on any atom is 0.254 e. The molecule has 0 aliphatic rings. The summed E-state index contributed by atoms with van der Waals surface area (Å²) in [6, 6.07) is 10.3. The smallest absolute Gasteiger partial charge is 0.254 e. The molecule has 4 aromatic rings. The van der Waals surface area contributed by atoms with Crippen molar-refractivity contribution in [2.75, 3.05) is 4.72 Å². The van der Waals surface area contributed by atoms with E-state index in [-0.39, 0.29) is 5.56 Å². The van der Waals surface area contributed by atoms with Crippen LogP contribution in [0.5, 0.6) is 0 Å². The van der Waals surface area contributed by atoms with E-state index in [1.165, 1.54) is 6.20 Å². The lowest BCUT2D eigenvalue weighted by molar-refractivity contribution is 0.103. The number of hydrogen-bond acceptors (Lipinski definition) is 4. The molecule has 0 atom stereocenters. The van der Waals surface area contributed by atoms with Crippen LogP contribution in [0, 0.1) is 11.6 Å². The number of fused-ring (bicyclic) bond motifs is 1. The third kappa shape index (κ3) is 4.00. The van der Waals surface area contributed by atoms with Gasteiger partial charge in [-0.05, 0) is 35.9 Å². The van der Waals surface area contributed by atoms with E-state index in [0.29, 0.717) is 27.0 Å². The first-order valence-electron chi connectivity index (χ1n) is 9.11. The van der Waals surface area contributed by atoms with Gasteiger partial charge in [-0.25, -0.2) is 22.2 Å². The molecular formula is C22H14ClF2N3O3S. The van der Waals surface area contributed by atoms with Crippen LogP contribution in [0.2, 0.25) is 5.02 Å². The summed E-state index contributed by atoms with van der Waals surface area (Å²) in [4.78, 5) is 20.2. The largest absolute Gasteiger partial charge is 0.345 e. The van der Waals surface area contributed by atoms with Gasteiger partial charge in [0.15, 0.2) is 5.82 Å². The first kappa shape index (κ1) is 21.7. The van der Waals surface area contributed by atoms with Crippen LogP contribution in [0.25, 0.3) is 22.2 Å². The number of sulfonamides is 1. The molecule has 0 unspecified atom stereocenters. The zero-order valence-electron chi connectivity index (χ0n) is 16.2. The number of nitrogens with zero attached hydrogens (tertiary/aromatic N) is 1. The second kappa shape index (κ2) is 8.18. The fourth-order valence-electron chi connectivity index (χ4n) is 3.16. The van der Waals surface area contributed by atoms with Crippen molar-refractivity contribution in [3.05, 3.63) is 94.6 Å². The van der Waals surface area contributed by atoms with Gasteiger partial charge in [-0.3, -0.25) is 9.52 Å². The number of nitrogens with one attached hydrogen (secondary N) is 2. The number of carbonyl (C=O) groups excluding carboxylic acids is 1. The van der Waals surface area contributed by atoms with Crippen molar-refractivity contribution in [1.82, 2.24) is 9.97 Å². The molecule has 2 aromatic carbocycles. The SMILES string of the molecule is C=CS(=O)(=O)Nc1ccc(F)c(C(=O)c2c[nH]c3ncc(-c4ccc(Cl)cc4)cc23)c1F. The van der Waals surface area contributed by atoms with Crippen molar-refractivity contribution in [3.63, 3.8) is 0 Å². The molecule has 32 heavy (non-hydrogen) atoms. The number of ketones is 1. The van der Waals surface area contributed by atoms with E-state index < -0.39 is 38.7 Å². The highest BCUT2D eigenvalue weighted by molar-refractivity contribution is 7.95. The van der Waals surface area contributed by atoms with E-state index in [1.54, 1.807) is 36.5 Å². The van der Waals surface area contributed by atoms with Gasteiger partial charge in [0.1, 0.15) is 11.5 Å². The van der Waals surface area contributed by atoms with E-state index in [9.17, 15) is 22.0 Å². The minimum atomic E-state index is -4.06. The van der Waals surface area contributed by atoms with Crippen LogP contribution in [0.4, 0.5) is 14.5 Å². The third-order valence-corrected chi connectivity index (χ3v) is 5.94. The lowest BCUT2D eigenvalue weighted by atomic mass is 10.00. The molecule has 0 spiro atoms. The molecule has 0 bridgehead atoms. The van der Waals surface area contributed by atoms with Crippen molar-refractivity contribution in [3.8, 4) is 11.1 Å². The van der Waals surface area contributed by atoms with Gasteiger partial charge >= 0.3 is 0 Å². The zero-order valence-corrected chi connectivity index (χ0v) is 17.8. The highest BCUT2D eigenvalue weighted by atomic mass is 35.5. The van der Waals surface area contributed by atoms with Crippen molar-refractivity contribution < 1.29 is 22.0 Å². The molecular weight excluding hydrogens is 460 g/mol. The van der Waals surface area contributed by atoms with Crippen LogP contribution in [0.3, 0.4) is 0 Å². The Bertz CT molecular complexity index is 1480. The summed E-state index contributed by atoms with van der Waals surface area (Å²) in [5, 5.41) is 1.47. The second-order valence-electron chi connectivity index (χ2n) is 6.76. The summed E-state index contributed by atoms with van der Waals surface area (Å²) in [5.74, 6) is -3.44. The van der Waals surface area contributed by atoms with Crippen LogP contribution in [0.15, 0.2) is 66.8 Å². The number of carbonyl (C=O) groups is 1. The number of pyridine rings is 1. The van der Waals surface area contributed by atoms with E-state index in [4.69, 9.17) is 11.6 Å². The highest BCUT2D eigenvalue weighted by Crippen LogP contribution is 2.30. The van der Waals surface area contributed by atoms with Crippen LogP contribution >= 0.6 is 11.6 Å². The topological polar surface area (TPSA) is 91.9 Å². The summed E-state index contributed by atoms with van der Waals surface area (Å²) in [6.07, 6.45) is 2.88. The summed E-state index contributed by atoms with van der Waals surface area (Å²) in [5.41, 5.74) is 0.291. The number of aromatic nitrogens is 2. The minimum absolute atomic E-state index is 0.0233. The number of rotatable bonds is 6. The van der Waals surface area contributed by atoms with E-state index in [0.717, 1.165) is 17.7 Å². The van der Waals surface area contributed by atoms with Gasteiger partial charge in [-0.2, -0.15) is 0 Å². The fourth-order valence-corrected chi connectivity index (χ4v) is 3.83. The molecule has 4 rings (SSSR count). The molecule has 6 nitrogen and oxygen atoms in total. The lowest BCUT2D eigenvalue weighted by Crippen LogP contribution is -2.14. The van der Waals surface area contributed by atoms with Gasteiger partial charge < -0.3 is 4.98 Å². The molecule has 0 saturated carbocycles. The number of benzene rings is 2. The van der Waals surface area contributed by atoms with Crippen molar-refractivity contribution >= 4 is 44.1 Å². The Hall–Kier alpha value is -3.56. The monoisotopic (exact) mass is 473 g/mol. The van der Waals surface area contributed by atoms with Crippen molar-refractivity contribution in [1.29, 1.82) is 0 Å². The number of halogens is 3. The summed E-state index contributed by atoms with van der Waals surface area (Å²) in [7, 11) is -4.06. The molecule has 0 saturated heterocycles. The predicted molar refractivity (Wildman–Crippen MR) is 119 cm³/mol. The molecule has 0 amide bonds. The number of aromatic amines is 1. The lowest BCUT2D eigenvalue weighted by Gasteiger charge is -2.10. The highest BCUT2D eigenvalue weighted by Gasteiger charge is 2.25. The van der Waals surface area contributed by atoms with Gasteiger partial charge in [0, 0.05) is 39.3 Å². The molecule has 2 aromatic heterocycles. The summed E-state index contributed by atoms with van der Waals surface area (Å²) in [6.45, 7) is 3.11. The zero-order chi connectivity index (χ0) is 23.0. The van der Waals surface area contributed by atoms with Crippen LogP contribution < -0.4 is 4.72 Å². The first-order valence-corrected chi connectivity index (χ1v) is 11.0. The average Bonchev–Trinajstić information content (AvgIpc) is 3.19. The maximum absolute atomic E-state index is 15.0. The van der Waals surface area contributed by atoms with Gasteiger partial charge in [-0.15, -0.1) is 0 Å². The van der Waals surface area contributed by atoms with Crippen LogP contribution in [0.1, 0.15) is 15.9 Å². The number of anilines is 1. The van der Waals surface area contributed by atoms with Gasteiger partial charge in [0.25, 0.3) is 10.0 Å². The Morgan fingerprint density at radius 1 is 1.12 bits per heavy atom. The Kier molecular flexibility index (Phi) is 5.53. The summed E-state index contributed by atoms with van der Waals surface area (Å²) < 4.78 is 54.7. The van der Waals surface area contributed by atoms with Gasteiger partial charge in [0.05, 0.1) is 11.3 Å². The molecule has 0 aliphatic carbocycles. The minimum Gasteiger partial charge on any atom is -0.345 e. The van der Waals surface area contributed by atoms with Gasteiger partial charge in [0.2, 0.25) is 5.78 Å². The first-order chi connectivity index (χ1) is 15.2. The average molecular weight is 474 g/mol. The fraction of sp³-hybridized carbons (Fsp3) is 0. The predicted octanol–water partition coefficient (Wildman–Crippen LogP) is 5.28. The van der Waals surface area contributed by atoms with Crippen LogP contribution in [-0.4, -0.2) is 24.2 Å². The molecule has 0 fully saturated rings. The standard InChI is InChI=1S/C22H14ClF2N3O3S/c1-2-32(30,31)28-18-8-7-17(24)19(20(18)25)21(29)16-11-27-22-15(16)9-13(10-26-22)12-3-5-14(23)6-4-12/h2-11,28H,1H2,(H,26,27). The second-order valence-corrected chi connectivity index (χ2v) is 8.82. The van der Waals surface area contributed by atoms with E-state index >= 15 is 0 Å². The molecule has 0 aliphatic heterocycles. The van der Waals surface area contributed by atoms with E-state index in [1.807, 2.05) is 4.72 Å².